The molecule has 0 aliphatic carbocycles. The first-order chi connectivity index (χ1) is 7.70. The summed E-state index contributed by atoms with van der Waals surface area (Å²) in [6, 6.07) is 3.78. The summed E-state index contributed by atoms with van der Waals surface area (Å²) in [5.74, 6) is -1.69. The molecule has 2 nitrogen and oxygen atoms in total. The van der Waals surface area contributed by atoms with Crippen molar-refractivity contribution in [2.75, 3.05) is 11.9 Å². The number of nitrogens with one attached hydrogen (secondary N) is 1. The smallest absolute Gasteiger partial charge is 0.183 e. The molecule has 5 heteroatoms. The van der Waals surface area contributed by atoms with E-state index in [0.717, 1.165) is 23.8 Å². The maximum atomic E-state index is 13.0. The fraction of sp³-hybridized carbons (Fsp3) is 0.182. The second kappa shape index (κ2) is 4.57. The van der Waals surface area contributed by atoms with Crippen molar-refractivity contribution < 1.29 is 8.78 Å². The number of rotatable bonds is 3. The van der Waals surface area contributed by atoms with Gasteiger partial charge in [0.25, 0.3) is 0 Å². The van der Waals surface area contributed by atoms with Gasteiger partial charge in [-0.3, -0.25) is 0 Å². The van der Waals surface area contributed by atoms with Crippen LogP contribution in [-0.2, 0) is 0 Å². The highest BCUT2D eigenvalue weighted by molar-refractivity contribution is 7.14. The minimum absolute atomic E-state index is 0.583. The lowest BCUT2D eigenvalue weighted by molar-refractivity contribution is 0.509. The van der Waals surface area contributed by atoms with Crippen molar-refractivity contribution in [2.45, 2.75) is 6.92 Å². The highest BCUT2D eigenvalue weighted by Gasteiger charge is 2.07. The number of nitrogens with zero attached hydrogens (tertiary/aromatic N) is 1. The summed E-state index contributed by atoms with van der Waals surface area (Å²) in [4.78, 5) is 4.26. The molecule has 1 aromatic carbocycles. The molecular weight excluding hydrogens is 230 g/mol. The highest BCUT2D eigenvalue weighted by Crippen LogP contribution is 2.25. The second-order valence-electron chi connectivity index (χ2n) is 3.20. The molecule has 2 aromatic rings. The van der Waals surface area contributed by atoms with Gasteiger partial charge in [0.05, 0.1) is 5.69 Å². The van der Waals surface area contributed by atoms with E-state index in [1.54, 1.807) is 0 Å². The molecule has 0 unspecified atom stereocenters. The number of aromatic nitrogens is 1. The summed E-state index contributed by atoms with van der Waals surface area (Å²) >= 11 is 1.44. The van der Waals surface area contributed by atoms with Crippen molar-refractivity contribution in [3.63, 3.8) is 0 Å². The Morgan fingerprint density at radius 1 is 1.31 bits per heavy atom. The van der Waals surface area contributed by atoms with Crippen molar-refractivity contribution >= 4 is 16.5 Å². The van der Waals surface area contributed by atoms with Gasteiger partial charge in [-0.15, -0.1) is 11.3 Å². The average Bonchev–Trinajstić information content (AvgIpc) is 2.71. The lowest BCUT2D eigenvalue weighted by Crippen LogP contribution is -1.95. The third-order valence-corrected chi connectivity index (χ3v) is 2.85. The molecule has 0 aliphatic heterocycles. The summed E-state index contributed by atoms with van der Waals surface area (Å²) in [5, 5.41) is 5.65. The zero-order valence-corrected chi connectivity index (χ0v) is 9.44. The van der Waals surface area contributed by atoms with Gasteiger partial charge in [-0.2, -0.15) is 0 Å². The zero-order valence-electron chi connectivity index (χ0n) is 8.63. The molecule has 0 saturated heterocycles. The van der Waals surface area contributed by atoms with E-state index in [-0.39, 0.29) is 0 Å². The van der Waals surface area contributed by atoms with Crippen LogP contribution in [0.5, 0.6) is 0 Å². The number of thiazole rings is 1. The Hall–Kier alpha value is -1.49. The standard InChI is InChI=1S/C11H10F2N2S/c1-2-14-11-15-10(6-16-11)7-3-4-8(12)9(13)5-7/h3-6H,2H2,1H3,(H,14,15). The van der Waals surface area contributed by atoms with Gasteiger partial charge in [0, 0.05) is 17.5 Å². The Morgan fingerprint density at radius 2 is 2.12 bits per heavy atom. The van der Waals surface area contributed by atoms with Crippen LogP contribution in [-0.4, -0.2) is 11.5 Å². The second-order valence-corrected chi connectivity index (χ2v) is 4.06. The molecule has 0 saturated carbocycles. The fourth-order valence-corrected chi connectivity index (χ4v) is 2.08. The topological polar surface area (TPSA) is 24.9 Å². The maximum absolute atomic E-state index is 13.0. The molecule has 1 N–H and O–H groups in total. The lowest BCUT2D eigenvalue weighted by atomic mass is 10.2. The van der Waals surface area contributed by atoms with E-state index in [4.69, 9.17) is 0 Å². The summed E-state index contributed by atoms with van der Waals surface area (Å²) in [7, 11) is 0. The Kier molecular flexibility index (Phi) is 3.14. The van der Waals surface area contributed by atoms with E-state index in [1.807, 2.05) is 12.3 Å². The van der Waals surface area contributed by atoms with Crippen LogP contribution in [0.4, 0.5) is 13.9 Å². The van der Waals surface area contributed by atoms with Crippen LogP contribution in [0, 0.1) is 11.6 Å². The predicted molar refractivity (Wildman–Crippen MR) is 61.6 cm³/mol. The molecule has 2 rings (SSSR count). The molecule has 16 heavy (non-hydrogen) atoms. The van der Waals surface area contributed by atoms with Gasteiger partial charge in [0.1, 0.15) is 0 Å². The molecule has 0 spiro atoms. The van der Waals surface area contributed by atoms with E-state index >= 15 is 0 Å². The highest BCUT2D eigenvalue weighted by atomic mass is 32.1. The van der Waals surface area contributed by atoms with Crippen molar-refractivity contribution in [1.29, 1.82) is 0 Å². The third kappa shape index (κ3) is 2.19. The van der Waals surface area contributed by atoms with E-state index in [1.165, 1.54) is 17.4 Å². The van der Waals surface area contributed by atoms with Crippen LogP contribution in [0.15, 0.2) is 23.6 Å². The first-order valence-corrected chi connectivity index (χ1v) is 5.73. The number of halogens is 2. The van der Waals surface area contributed by atoms with Crippen LogP contribution in [0.3, 0.4) is 0 Å². The quantitative estimate of drug-likeness (QED) is 0.887. The summed E-state index contributed by atoms with van der Waals surface area (Å²) in [6.45, 7) is 2.75. The summed E-state index contributed by atoms with van der Waals surface area (Å²) < 4.78 is 25.7. The van der Waals surface area contributed by atoms with Crippen molar-refractivity contribution in [3.8, 4) is 11.3 Å². The van der Waals surface area contributed by atoms with Crippen molar-refractivity contribution in [1.82, 2.24) is 4.98 Å². The Labute approximate surface area is 96.0 Å². The van der Waals surface area contributed by atoms with E-state index < -0.39 is 11.6 Å². The minimum Gasteiger partial charge on any atom is -0.362 e. The van der Waals surface area contributed by atoms with Gasteiger partial charge in [-0.25, -0.2) is 13.8 Å². The number of benzene rings is 1. The Morgan fingerprint density at radius 3 is 2.81 bits per heavy atom. The predicted octanol–water partition coefficient (Wildman–Crippen LogP) is 3.52. The van der Waals surface area contributed by atoms with Crippen LogP contribution >= 0.6 is 11.3 Å². The van der Waals surface area contributed by atoms with Gasteiger partial charge in [-0.1, -0.05) is 0 Å². The van der Waals surface area contributed by atoms with Gasteiger partial charge < -0.3 is 5.32 Å². The first kappa shape index (κ1) is 11.0. The average molecular weight is 240 g/mol. The van der Waals surface area contributed by atoms with Gasteiger partial charge >= 0.3 is 0 Å². The zero-order chi connectivity index (χ0) is 11.5. The monoisotopic (exact) mass is 240 g/mol. The molecule has 84 valence electrons. The maximum Gasteiger partial charge on any atom is 0.183 e. The fourth-order valence-electron chi connectivity index (χ4n) is 1.29. The van der Waals surface area contributed by atoms with Crippen molar-refractivity contribution in [2.24, 2.45) is 0 Å². The molecule has 0 aliphatic rings. The molecule has 1 heterocycles. The minimum atomic E-state index is -0.851. The molecule has 0 radical (unpaired) electrons. The van der Waals surface area contributed by atoms with E-state index in [9.17, 15) is 8.78 Å². The number of hydrogen-bond donors (Lipinski definition) is 1. The van der Waals surface area contributed by atoms with Gasteiger partial charge in [-0.05, 0) is 25.1 Å². The van der Waals surface area contributed by atoms with Crippen LogP contribution < -0.4 is 5.32 Å². The van der Waals surface area contributed by atoms with Gasteiger partial charge in [0.2, 0.25) is 0 Å². The van der Waals surface area contributed by atoms with Crippen molar-refractivity contribution in [3.05, 3.63) is 35.2 Å². The normalized spacial score (nSPS) is 10.4. The molecular formula is C11H10F2N2S. The van der Waals surface area contributed by atoms with Crippen LogP contribution in [0.1, 0.15) is 6.92 Å². The Bertz CT molecular complexity index is 496. The SMILES string of the molecule is CCNc1nc(-c2ccc(F)c(F)c2)cs1. The molecule has 0 amide bonds. The first-order valence-electron chi connectivity index (χ1n) is 4.85. The largest absolute Gasteiger partial charge is 0.362 e. The lowest BCUT2D eigenvalue weighted by Gasteiger charge is -1.98. The molecule has 1 aromatic heterocycles. The summed E-state index contributed by atoms with van der Waals surface area (Å²) in [6.07, 6.45) is 0. The molecule has 0 fully saturated rings. The molecule has 0 bridgehead atoms. The third-order valence-electron chi connectivity index (χ3n) is 2.05. The van der Waals surface area contributed by atoms with E-state index in [0.29, 0.717) is 11.3 Å². The Balaban J connectivity index is 2.31. The summed E-state index contributed by atoms with van der Waals surface area (Å²) in [5.41, 5.74) is 1.24. The van der Waals surface area contributed by atoms with Gasteiger partial charge in [0.15, 0.2) is 16.8 Å². The number of hydrogen-bond acceptors (Lipinski definition) is 3. The van der Waals surface area contributed by atoms with Crippen LogP contribution in [0.25, 0.3) is 11.3 Å². The molecule has 0 atom stereocenters. The van der Waals surface area contributed by atoms with E-state index in [2.05, 4.69) is 10.3 Å². The van der Waals surface area contributed by atoms with Crippen LogP contribution in [0.2, 0.25) is 0 Å². The number of anilines is 1.